The minimum Gasteiger partial charge on any atom is -0.386 e. The van der Waals surface area contributed by atoms with Crippen molar-refractivity contribution in [2.75, 3.05) is 13.1 Å². The Morgan fingerprint density at radius 3 is 2.60 bits per heavy atom. The highest BCUT2D eigenvalue weighted by Gasteiger charge is 2.46. The van der Waals surface area contributed by atoms with Gasteiger partial charge < -0.3 is 10.0 Å². The van der Waals surface area contributed by atoms with Crippen LogP contribution in [-0.4, -0.2) is 39.5 Å². The Balaban J connectivity index is 2.19. The zero-order valence-electron chi connectivity index (χ0n) is 11.2. The van der Waals surface area contributed by atoms with Crippen molar-refractivity contribution < 1.29 is 14.8 Å². The molecule has 0 aromatic heterocycles. The van der Waals surface area contributed by atoms with Gasteiger partial charge in [-0.1, -0.05) is 25.4 Å². The average Bonchev–Trinajstić information content (AvgIpc) is 2.34. The van der Waals surface area contributed by atoms with Gasteiger partial charge in [-0.2, -0.15) is 0 Å². The number of likely N-dealkylation sites (tertiary alicyclic amines) is 1. The Bertz CT molecular complexity index is 567. The van der Waals surface area contributed by atoms with E-state index in [0.29, 0.717) is 0 Å². The summed E-state index contributed by atoms with van der Waals surface area (Å²) >= 11 is 5.92. The van der Waals surface area contributed by atoms with Gasteiger partial charge in [-0.15, -0.1) is 0 Å². The molecule has 20 heavy (non-hydrogen) atoms. The predicted octanol–water partition coefficient (Wildman–Crippen LogP) is 2.09. The van der Waals surface area contributed by atoms with E-state index in [-0.39, 0.29) is 35.3 Å². The number of nitro groups is 1. The van der Waals surface area contributed by atoms with Crippen molar-refractivity contribution in [1.29, 1.82) is 0 Å². The lowest BCUT2D eigenvalue weighted by molar-refractivity contribution is -0.384. The fourth-order valence-electron chi connectivity index (χ4n) is 2.08. The summed E-state index contributed by atoms with van der Waals surface area (Å²) in [5, 5.41) is 21.0. The van der Waals surface area contributed by atoms with Crippen molar-refractivity contribution in [3.63, 3.8) is 0 Å². The molecule has 1 amide bonds. The summed E-state index contributed by atoms with van der Waals surface area (Å²) < 4.78 is 0. The van der Waals surface area contributed by atoms with E-state index in [1.807, 2.05) is 13.8 Å². The van der Waals surface area contributed by atoms with Gasteiger partial charge >= 0.3 is 0 Å². The maximum absolute atomic E-state index is 12.2. The first kappa shape index (κ1) is 14.7. The fourth-order valence-corrected chi connectivity index (χ4v) is 2.28. The number of non-ortho nitro benzene ring substituents is 1. The molecule has 1 aromatic rings. The molecule has 0 spiro atoms. The first-order chi connectivity index (χ1) is 9.24. The van der Waals surface area contributed by atoms with Gasteiger partial charge in [0.25, 0.3) is 11.6 Å². The van der Waals surface area contributed by atoms with Crippen LogP contribution in [0.4, 0.5) is 5.69 Å². The van der Waals surface area contributed by atoms with Gasteiger partial charge in [-0.05, 0) is 12.0 Å². The topological polar surface area (TPSA) is 83.7 Å². The van der Waals surface area contributed by atoms with Crippen LogP contribution in [0.5, 0.6) is 0 Å². The van der Waals surface area contributed by atoms with Crippen LogP contribution in [0, 0.1) is 16.0 Å². The molecule has 0 bridgehead atoms. The molecule has 0 atom stereocenters. The third-order valence-electron chi connectivity index (χ3n) is 3.68. The summed E-state index contributed by atoms with van der Waals surface area (Å²) in [5.41, 5.74) is -0.980. The molecule has 1 heterocycles. The highest BCUT2D eigenvalue weighted by molar-refractivity contribution is 6.34. The quantitative estimate of drug-likeness (QED) is 0.684. The number of halogens is 1. The van der Waals surface area contributed by atoms with Gasteiger partial charge in [0.1, 0.15) is 5.60 Å². The maximum atomic E-state index is 12.2. The van der Waals surface area contributed by atoms with Crippen LogP contribution in [0.1, 0.15) is 24.2 Å². The van der Waals surface area contributed by atoms with E-state index in [2.05, 4.69) is 0 Å². The molecule has 1 N–H and O–H groups in total. The highest BCUT2D eigenvalue weighted by Crippen LogP contribution is 2.31. The van der Waals surface area contributed by atoms with Crippen molar-refractivity contribution >= 4 is 23.2 Å². The Morgan fingerprint density at radius 2 is 2.10 bits per heavy atom. The van der Waals surface area contributed by atoms with Crippen molar-refractivity contribution in [3.05, 3.63) is 38.9 Å². The summed E-state index contributed by atoms with van der Waals surface area (Å²) in [7, 11) is 0. The Kier molecular flexibility index (Phi) is 3.71. The van der Waals surface area contributed by atoms with E-state index in [1.54, 1.807) is 0 Å². The van der Waals surface area contributed by atoms with Gasteiger partial charge in [0.15, 0.2) is 0 Å². The summed E-state index contributed by atoms with van der Waals surface area (Å²) in [4.78, 5) is 23.8. The normalized spacial score (nSPS) is 16.9. The monoisotopic (exact) mass is 298 g/mol. The summed E-state index contributed by atoms with van der Waals surface area (Å²) in [6.45, 7) is 4.18. The summed E-state index contributed by atoms with van der Waals surface area (Å²) in [6, 6.07) is 3.75. The molecule has 6 nitrogen and oxygen atoms in total. The lowest BCUT2D eigenvalue weighted by Gasteiger charge is -2.49. The number of nitrogens with zero attached hydrogens (tertiary/aromatic N) is 2. The van der Waals surface area contributed by atoms with Crippen LogP contribution in [0.15, 0.2) is 18.2 Å². The van der Waals surface area contributed by atoms with E-state index >= 15 is 0 Å². The second-order valence-corrected chi connectivity index (χ2v) is 5.75. The van der Waals surface area contributed by atoms with Gasteiger partial charge in [-0.3, -0.25) is 14.9 Å². The first-order valence-corrected chi connectivity index (χ1v) is 6.58. The van der Waals surface area contributed by atoms with E-state index in [4.69, 9.17) is 11.6 Å². The minimum atomic E-state index is -0.886. The number of hydrogen-bond acceptors (Lipinski definition) is 4. The molecule has 0 unspecified atom stereocenters. The van der Waals surface area contributed by atoms with Gasteiger partial charge in [0.05, 0.1) is 28.6 Å². The molecule has 0 saturated carbocycles. The molecular formula is C13H15ClN2O4. The molecule has 0 radical (unpaired) electrons. The largest absolute Gasteiger partial charge is 0.386 e. The molecule has 0 aliphatic carbocycles. The number of hydrogen-bond donors (Lipinski definition) is 1. The number of aliphatic hydroxyl groups is 1. The van der Waals surface area contributed by atoms with Crippen molar-refractivity contribution in [2.24, 2.45) is 5.92 Å². The molecule has 1 fully saturated rings. The van der Waals surface area contributed by atoms with Crippen LogP contribution in [0.2, 0.25) is 5.02 Å². The third-order valence-corrected chi connectivity index (χ3v) is 4.01. The second kappa shape index (κ2) is 5.03. The molecular weight excluding hydrogens is 284 g/mol. The zero-order chi connectivity index (χ0) is 15.1. The van der Waals surface area contributed by atoms with Crippen LogP contribution in [0.25, 0.3) is 0 Å². The van der Waals surface area contributed by atoms with Crippen molar-refractivity contribution in [1.82, 2.24) is 4.90 Å². The van der Waals surface area contributed by atoms with E-state index in [9.17, 15) is 20.0 Å². The number of nitro benzene ring substituents is 1. The minimum absolute atomic E-state index is 0.0344. The Labute approximate surface area is 121 Å². The van der Waals surface area contributed by atoms with Crippen LogP contribution in [-0.2, 0) is 0 Å². The van der Waals surface area contributed by atoms with Crippen LogP contribution < -0.4 is 0 Å². The number of carbonyl (C=O) groups is 1. The van der Waals surface area contributed by atoms with E-state index in [1.165, 1.54) is 17.0 Å². The smallest absolute Gasteiger partial charge is 0.270 e. The molecule has 1 saturated heterocycles. The van der Waals surface area contributed by atoms with Crippen LogP contribution >= 0.6 is 11.6 Å². The van der Waals surface area contributed by atoms with Gasteiger partial charge in [-0.25, -0.2) is 0 Å². The standard InChI is InChI=1S/C13H15ClN2O4/c1-8(2)13(18)6-15(7-13)12(17)10-5-9(16(19)20)3-4-11(10)14/h3-5,8,18H,6-7H2,1-2H3. The predicted molar refractivity (Wildman–Crippen MR) is 73.8 cm³/mol. The first-order valence-electron chi connectivity index (χ1n) is 6.20. The van der Waals surface area contributed by atoms with Gasteiger partial charge in [0.2, 0.25) is 0 Å². The van der Waals surface area contributed by atoms with Gasteiger partial charge in [0, 0.05) is 12.1 Å². The molecule has 108 valence electrons. The summed E-state index contributed by atoms with van der Waals surface area (Å²) in [5.74, 6) is -0.365. The average molecular weight is 299 g/mol. The molecule has 7 heteroatoms. The van der Waals surface area contributed by atoms with Crippen molar-refractivity contribution in [2.45, 2.75) is 19.4 Å². The van der Waals surface area contributed by atoms with Crippen molar-refractivity contribution in [3.8, 4) is 0 Å². The SMILES string of the molecule is CC(C)C1(O)CN(C(=O)c2cc([N+](=O)[O-])ccc2Cl)C1. The number of amides is 1. The summed E-state index contributed by atoms with van der Waals surface area (Å²) in [6.07, 6.45) is 0. The highest BCUT2D eigenvalue weighted by atomic mass is 35.5. The number of benzene rings is 1. The van der Waals surface area contributed by atoms with Crippen LogP contribution in [0.3, 0.4) is 0 Å². The molecule has 1 aromatic carbocycles. The Morgan fingerprint density at radius 1 is 1.50 bits per heavy atom. The number of rotatable bonds is 3. The molecule has 2 rings (SSSR count). The number of β-amino-alcohol motifs (C(OH)–C–C–N with tert-alkyl or cyclic N) is 1. The third kappa shape index (κ3) is 2.48. The number of carbonyl (C=O) groups excluding carboxylic acids is 1. The second-order valence-electron chi connectivity index (χ2n) is 5.34. The fraction of sp³-hybridized carbons (Fsp3) is 0.462. The maximum Gasteiger partial charge on any atom is 0.270 e. The molecule has 1 aliphatic heterocycles. The lowest BCUT2D eigenvalue weighted by Crippen LogP contribution is -2.65. The lowest BCUT2D eigenvalue weighted by atomic mass is 9.82. The van der Waals surface area contributed by atoms with E-state index < -0.39 is 16.4 Å². The zero-order valence-corrected chi connectivity index (χ0v) is 11.9. The molecule has 1 aliphatic rings. The Hall–Kier alpha value is -1.66. The van der Waals surface area contributed by atoms with E-state index in [0.717, 1.165) is 6.07 Å².